The lowest BCUT2D eigenvalue weighted by Crippen LogP contribution is -2.23. The van der Waals surface area contributed by atoms with E-state index >= 15 is 0 Å². The number of hydrogen-bond acceptors (Lipinski definition) is 3. The van der Waals surface area contributed by atoms with E-state index in [0.717, 1.165) is 16.8 Å². The zero-order chi connectivity index (χ0) is 18.2. The number of rotatable bonds is 4. The normalized spacial score (nSPS) is 12.6. The van der Waals surface area contributed by atoms with Gasteiger partial charge in [0, 0.05) is 12.4 Å². The van der Waals surface area contributed by atoms with Gasteiger partial charge in [0.25, 0.3) is 0 Å². The molecule has 6 heteroatoms. The maximum atomic E-state index is 12.5. The van der Waals surface area contributed by atoms with E-state index in [1.807, 2.05) is 48.0 Å². The first-order valence-electron chi connectivity index (χ1n) is 8.20. The molecular weight excluding hydrogens is 334 g/mol. The summed E-state index contributed by atoms with van der Waals surface area (Å²) in [6.45, 7) is 8.45. The van der Waals surface area contributed by atoms with Crippen LogP contribution in [0.15, 0.2) is 53.7 Å². The van der Waals surface area contributed by atoms with E-state index in [2.05, 4.69) is 30.5 Å². The Bertz CT molecular complexity index is 997. The molecule has 25 heavy (non-hydrogen) atoms. The fraction of sp³-hybridized carbons (Fsp3) is 0.316. The Morgan fingerprint density at radius 2 is 1.80 bits per heavy atom. The zero-order valence-electron chi connectivity index (χ0n) is 14.9. The Morgan fingerprint density at radius 1 is 1.12 bits per heavy atom. The molecule has 2 aromatic heterocycles. The van der Waals surface area contributed by atoms with Crippen LogP contribution in [0.4, 0.5) is 0 Å². The van der Waals surface area contributed by atoms with Crippen LogP contribution < -0.4 is 4.72 Å². The number of aromatic nitrogens is 2. The summed E-state index contributed by atoms with van der Waals surface area (Å²) >= 11 is 0. The standard InChI is InChI=1S/C19H23N3O2S/c1-14-9-10-22-13-16(21-18(22)11-14)12-20-25(23,24)17-7-5-15(6-8-17)19(2,3)4/h5-11,13,20H,12H2,1-4H3. The third kappa shape index (κ3) is 3.91. The van der Waals surface area contributed by atoms with Crippen molar-refractivity contribution in [2.45, 2.75) is 44.6 Å². The van der Waals surface area contributed by atoms with Crippen molar-refractivity contribution in [3.8, 4) is 0 Å². The van der Waals surface area contributed by atoms with Crippen LogP contribution in [-0.4, -0.2) is 17.8 Å². The SMILES string of the molecule is Cc1ccn2cc(CNS(=O)(=O)c3ccc(C(C)(C)C)cc3)nc2c1. The van der Waals surface area contributed by atoms with Gasteiger partial charge in [-0.2, -0.15) is 0 Å². The molecule has 1 aromatic carbocycles. The highest BCUT2D eigenvalue weighted by molar-refractivity contribution is 7.89. The quantitative estimate of drug-likeness (QED) is 0.778. The predicted octanol–water partition coefficient (Wildman–Crippen LogP) is 3.42. The van der Waals surface area contributed by atoms with Gasteiger partial charge in [0.1, 0.15) is 5.65 Å². The van der Waals surface area contributed by atoms with Crippen molar-refractivity contribution < 1.29 is 8.42 Å². The van der Waals surface area contributed by atoms with E-state index in [4.69, 9.17) is 0 Å². The number of aryl methyl sites for hydroxylation is 1. The van der Waals surface area contributed by atoms with E-state index in [9.17, 15) is 8.42 Å². The average molecular weight is 357 g/mol. The van der Waals surface area contributed by atoms with Gasteiger partial charge in [0.2, 0.25) is 10.0 Å². The van der Waals surface area contributed by atoms with Crippen LogP contribution >= 0.6 is 0 Å². The first kappa shape index (κ1) is 17.6. The maximum absolute atomic E-state index is 12.5. The van der Waals surface area contributed by atoms with Gasteiger partial charge in [0.05, 0.1) is 17.1 Å². The van der Waals surface area contributed by atoms with E-state index in [1.165, 1.54) is 0 Å². The molecule has 0 fully saturated rings. The van der Waals surface area contributed by atoms with Crippen LogP contribution in [0.25, 0.3) is 5.65 Å². The highest BCUT2D eigenvalue weighted by Crippen LogP contribution is 2.23. The first-order valence-corrected chi connectivity index (χ1v) is 9.68. The third-order valence-electron chi connectivity index (χ3n) is 4.14. The van der Waals surface area contributed by atoms with Crippen molar-refractivity contribution in [3.05, 3.63) is 65.6 Å². The Labute approximate surface area is 148 Å². The molecule has 132 valence electrons. The van der Waals surface area contributed by atoms with E-state index in [0.29, 0.717) is 5.69 Å². The average Bonchev–Trinajstić information content (AvgIpc) is 2.94. The number of imidazole rings is 1. The minimum Gasteiger partial charge on any atom is -0.307 e. The lowest BCUT2D eigenvalue weighted by molar-refractivity contribution is 0.577. The van der Waals surface area contributed by atoms with Crippen molar-refractivity contribution in [1.29, 1.82) is 0 Å². The minimum atomic E-state index is -3.57. The number of benzene rings is 1. The van der Waals surface area contributed by atoms with Crippen LogP contribution in [0.5, 0.6) is 0 Å². The minimum absolute atomic E-state index is 0.00953. The second kappa shape index (κ2) is 6.28. The molecule has 3 aromatic rings. The Hall–Kier alpha value is -2.18. The van der Waals surface area contributed by atoms with Crippen LogP contribution in [0.1, 0.15) is 37.6 Å². The number of nitrogens with zero attached hydrogens (tertiary/aromatic N) is 2. The second-order valence-corrected chi connectivity index (χ2v) is 9.07. The van der Waals surface area contributed by atoms with E-state index in [-0.39, 0.29) is 16.9 Å². The molecule has 0 bridgehead atoms. The van der Waals surface area contributed by atoms with Crippen molar-refractivity contribution in [3.63, 3.8) is 0 Å². The molecule has 0 aliphatic heterocycles. The number of nitrogens with one attached hydrogen (secondary N) is 1. The van der Waals surface area contributed by atoms with E-state index < -0.39 is 10.0 Å². The molecule has 3 rings (SSSR count). The van der Waals surface area contributed by atoms with Gasteiger partial charge in [-0.1, -0.05) is 32.9 Å². The molecule has 0 amide bonds. The highest BCUT2D eigenvalue weighted by Gasteiger charge is 2.17. The topological polar surface area (TPSA) is 63.5 Å². The summed E-state index contributed by atoms with van der Waals surface area (Å²) in [5.74, 6) is 0. The molecule has 0 saturated heterocycles. The maximum Gasteiger partial charge on any atom is 0.240 e. The highest BCUT2D eigenvalue weighted by atomic mass is 32.2. The lowest BCUT2D eigenvalue weighted by atomic mass is 9.87. The first-order chi connectivity index (χ1) is 11.6. The summed E-state index contributed by atoms with van der Waals surface area (Å²) in [5, 5.41) is 0. The Kier molecular flexibility index (Phi) is 4.43. The predicted molar refractivity (Wildman–Crippen MR) is 99.1 cm³/mol. The fourth-order valence-corrected chi connectivity index (χ4v) is 3.61. The van der Waals surface area contributed by atoms with Crippen LogP contribution in [0.3, 0.4) is 0 Å². The molecule has 5 nitrogen and oxygen atoms in total. The number of hydrogen-bond donors (Lipinski definition) is 1. The molecular formula is C19H23N3O2S. The molecule has 0 unspecified atom stereocenters. The second-order valence-electron chi connectivity index (χ2n) is 7.30. The summed E-state index contributed by atoms with van der Waals surface area (Å²) in [5.41, 5.74) is 3.69. The largest absolute Gasteiger partial charge is 0.307 e. The molecule has 0 aliphatic carbocycles. The van der Waals surface area contributed by atoms with Gasteiger partial charge < -0.3 is 4.40 Å². The van der Waals surface area contributed by atoms with Gasteiger partial charge in [-0.3, -0.25) is 0 Å². The van der Waals surface area contributed by atoms with Crippen molar-refractivity contribution in [2.75, 3.05) is 0 Å². The summed E-state index contributed by atoms with van der Waals surface area (Å²) < 4.78 is 29.5. The third-order valence-corrected chi connectivity index (χ3v) is 5.56. The number of sulfonamides is 1. The molecule has 0 spiro atoms. The van der Waals surface area contributed by atoms with Gasteiger partial charge in [0.15, 0.2) is 0 Å². The summed E-state index contributed by atoms with van der Waals surface area (Å²) in [6, 6.07) is 11.0. The van der Waals surface area contributed by atoms with Crippen molar-refractivity contribution >= 4 is 15.7 Å². The molecule has 0 atom stereocenters. The molecule has 1 N–H and O–H groups in total. The Morgan fingerprint density at radius 3 is 2.44 bits per heavy atom. The van der Waals surface area contributed by atoms with Gasteiger partial charge in [-0.25, -0.2) is 18.1 Å². The van der Waals surface area contributed by atoms with Crippen LogP contribution in [-0.2, 0) is 22.0 Å². The smallest absolute Gasteiger partial charge is 0.240 e. The lowest BCUT2D eigenvalue weighted by Gasteiger charge is -2.19. The molecule has 0 saturated carbocycles. The van der Waals surface area contributed by atoms with Crippen molar-refractivity contribution in [1.82, 2.24) is 14.1 Å². The molecule has 2 heterocycles. The number of pyridine rings is 1. The Balaban J connectivity index is 1.76. The monoisotopic (exact) mass is 357 g/mol. The fourth-order valence-electron chi connectivity index (χ4n) is 2.61. The summed E-state index contributed by atoms with van der Waals surface area (Å²) in [7, 11) is -3.57. The molecule has 0 aliphatic rings. The number of fused-ring (bicyclic) bond motifs is 1. The summed E-state index contributed by atoms with van der Waals surface area (Å²) in [4.78, 5) is 4.72. The van der Waals surface area contributed by atoms with Gasteiger partial charge in [-0.15, -0.1) is 0 Å². The zero-order valence-corrected chi connectivity index (χ0v) is 15.8. The summed E-state index contributed by atoms with van der Waals surface area (Å²) in [6.07, 6.45) is 3.75. The van der Waals surface area contributed by atoms with Crippen LogP contribution in [0.2, 0.25) is 0 Å². The van der Waals surface area contributed by atoms with E-state index in [1.54, 1.807) is 12.1 Å². The van der Waals surface area contributed by atoms with Crippen molar-refractivity contribution in [2.24, 2.45) is 0 Å². The molecule has 0 radical (unpaired) electrons. The van der Waals surface area contributed by atoms with Crippen LogP contribution in [0, 0.1) is 6.92 Å². The van der Waals surface area contributed by atoms with Gasteiger partial charge in [-0.05, 0) is 47.7 Å². The van der Waals surface area contributed by atoms with Gasteiger partial charge >= 0.3 is 0 Å².